The summed E-state index contributed by atoms with van der Waals surface area (Å²) < 4.78 is 19.9. The summed E-state index contributed by atoms with van der Waals surface area (Å²) in [5.74, 6) is 0. The number of hydrogen-bond donors (Lipinski definition) is 2. The van der Waals surface area contributed by atoms with E-state index in [9.17, 15) is 0 Å². The molecule has 0 aliphatic heterocycles. The van der Waals surface area contributed by atoms with Gasteiger partial charge in [0, 0.05) is 42.1 Å². The van der Waals surface area contributed by atoms with Crippen molar-refractivity contribution in [1.29, 1.82) is 3.56 Å². The summed E-state index contributed by atoms with van der Waals surface area (Å²) in [6.07, 6.45) is 0.995. The van der Waals surface area contributed by atoms with Crippen LogP contribution in [0.2, 0.25) is 0 Å². The lowest BCUT2D eigenvalue weighted by molar-refractivity contribution is 0.948. The Labute approximate surface area is 207 Å². The molecule has 4 heterocycles. The molecule has 0 unspecified atom stereocenters. The lowest BCUT2D eigenvalue weighted by Crippen LogP contribution is -2.02. The van der Waals surface area contributed by atoms with Crippen molar-refractivity contribution in [2.24, 2.45) is 0 Å². The minimum Gasteiger partial charge on any atom is -0.264 e. The van der Waals surface area contributed by atoms with Gasteiger partial charge in [0.15, 0.2) is 0 Å². The molecule has 0 saturated heterocycles. The number of fused-ring (bicyclic) bond motifs is 1. The molecule has 5 aromatic rings. The lowest BCUT2D eigenvalue weighted by atomic mass is 10.0. The second-order valence-electron chi connectivity index (χ2n) is 7.17. The van der Waals surface area contributed by atoms with Crippen LogP contribution in [0.5, 0.6) is 0 Å². The molecule has 0 aliphatic rings. The molecule has 0 spiro atoms. The quantitative estimate of drug-likeness (QED) is 0.113. The summed E-state index contributed by atoms with van der Waals surface area (Å²) in [7, 11) is 0. The predicted molar refractivity (Wildman–Crippen MR) is 145 cm³/mol. The smallest absolute Gasteiger partial charge is 0.114 e. The van der Waals surface area contributed by atoms with Crippen LogP contribution in [0.3, 0.4) is 0 Å². The van der Waals surface area contributed by atoms with Gasteiger partial charge >= 0.3 is 0 Å². The van der Waals surface area contributed by atoms with Crippen LogP contribution in [-0.4, -0.2) is 15.3 Å². The van der Waals surface area contributed by atoms with Crippen molar-refractivity contribution in [3.8, 4) is 30.6 Å². The molecule has 0 bridgehead atoms. The van der Waals surface area contributed by atoms with Gasteiger partial charge in [0.1, 0.15) is 11.0 Å². The Balaban J connectivity index is 1.52. The number of aryl methyl sites for hydroxylation is 2. The Morgan fingerprint density at radius 2 is 1.68 bits per heavy atom. The monoisotopic (exact) mass is 594 g/mol. The van der Waals surface area contributed by atoms with Crippen molar-refractivity contribution in [2.75, 3.05) is 6.54 Å². The SMILES string of the molecule is Cc1ccsc1-c1ccc(-c2sc(-c3ccc(CCNI=N)s3)cc2C)c2nsnc12. The van der Waals surface area contributed by atoms with E-state index in [2.05, 4.69) is 67.9 Å². The Morgan fingerprint density at radius 3 is 2.39 bits per heavy atom. The Bertz CT molecular complexity index is 1380. The van der Waals surface area contributed by atoms with Crippen LogP contribution in [-0.2, 0) is 6.42 Å². The molecular formula is C22H19IN4S4. The van der Waals surface area contributed by atoms with Crippen molar-refractivity contribution in [3.63, 3.8) is 0 Å². The van der Waals surface area contributed by atoms with Crippen LogP contribution < -0.4 is 3.53 Å². The van der Waals surface area contributed by atoms with Crippen molar-refractivity contribution in [2.45, 2.75) is 20.3 Å². The minimum absolute atomic E-state index is 0.587. The zero-order valence-corrected chi connectivity index (χ0v) is 22.3. The number of nitrogens with zero attached hydrogens (tertiary/aromatic N) is 2. The second-order valence-corrected chi connectivity index (χ2v) is 12.1. The molecule has 0 saturated carbocycles. The van der Waals surface area contributed by atoms with E-state index in [4.69, 9.17) is 3.56 Å². The van der Waals surface area contributed by atoms with E-state index in [-0.39, 0.29) is 0 Å². The number of benzene rings is 1. The van der Waals surface area contributed by atoms with Gasteiger partial charge < -0.3 is 0 Å². The van der Waals surface area contributed by atoms with Gasteiger partial charge in [-0.15, -0.1) is 34.0 Å². The number of aromatic nitrogens is 2. The Kier molecular flexibility index (Phi) is 6.40. The van der Waals surface area contributed by atoms with Gasteiger partial charge in [0.05, 0.1) is 33.0 Å². The zero-order valence-electron chi connectivity index (χ0n) is 16.9. The van der Waals surface area contributed by atoms with E-state index >= 15 is 0 Å². The van der Waals surface area contributed by atoms with Crippen molar-refractivity contribution < 1.29 is 0 Å². The van der Waals surface area contributed by atoms with Gasteiger partial charge in [-0.05, 0) is 61.0 Å². The van der Waals surface area contributed by atoms with Gasteiger partial charge in [0.2, 0.25) is 0 Å². The maximum absolute atomic E-state index is 7.32. The van der Waals surface area contributed by atoms with Crippen LogP contribution >= 0.6 is 67.0 Å². The highest BCUT2D eigenvalue weighted by atomic mass is 127. The van der Waals surface area contributed by atoms with Gasteiger partial charge in [-0.2, -0.15) is 8.75 Å². The molecule has 0 amide bonds. The van der Waals surface area contributed by atoms with Gasteiger partial charge in [-0.1, -0.05) is 12.1 Å². The lowest BCUT2D eigenvalue weighted by Gasteiger charge is -2.06. The first-order valence-electron chi connectivity index (χ1n) is 9.67. The van der Waals surface area contributed by atoms with Crippen LogP contribution in [0, 0.1) is 17.4 Å². The molecule has 4 aromatic heterocycles. The first-order valence-corrected chi connectivity index (χ1v) is 15.1. The van der Waals surface area contributed by atoms with E-state index < -0.39 is 21.3 Å². The predicted octanol–water partition coefficient (Wildman–Crippen LogP) is 8.27. The van der Waals surface area contributed by atoms with E-state index in [1.165, 1.54) is 58.4 Å². The first-order chi connectivity index (χ1) is 15.2. The van der Waals surface area contributed by atoms with E-state index in [0.29, 0.717) is 0 Å². The Morgan fingerprint density at radius 1 is 0.903 bits per heavy atom. The summed E-state index contributed by atoms with van der Waals surface area (Å²) in [4.78, 5) is 6.54. The van der Waals surface area contributed by atoms with Crippen molar-refractivity contribution >= 4 is 78.1 Å². The normalized spacial score (nSPS) is 11.5. The number of hydrogen-bond acceptors (Lipinski definition) is 7. The van der Waals surface area contributed by atoms with Crippen LogP contribution in [0.25, 0.3) is 41.7 Å². The molecule has 4 nitrogen and oxygen atoms in total. The second kappa shape index (κ2) is 9.24. The van der Waals surface area contributed by atoms with Crippen LogP contribution in [0.1, 0.15) is 16.0 Å². The molecule has 0 atom stereocenters. The average Bonchev–Trinajstić information content (AvgIpc) is 3.54. The summed E-state index contributed by atoms with van der Waals surface area (Å²) in [5.41, 5.74) is 6.94. The van der Waals surface area contributed by atoms with Crippen molar-refractivity contribution in [3.05, 3.63) is 57.8 Å². The number of thiophene rings is 3. The summed E-state index contributed by atoms with van der Waals surface area (Å²) in [6.45, 7) is 5.24. The van der Waals surface area contributed by atoms with Gasteiger partial charge in [-0.25, -0.2) is 0 Å². The zero-order chi connectivity index (χ0) is 21.4. The maximum atomic E-state index is 7.32. The molecule has 31 heavy (non-hydrogen) atoms. The van der Waals surface area contributed by atoms with E-state index in [1.807, 2.05) is 22.7 Å². The van der Waals surface area contributed by atoms with Crippen LogP contribution in [0.15, 0.2) is 41.8 Å². The highest BCUT2D eigenvalue weighted by Gasteiger charge is 2.18. The fourth-order valence-corrected chi connectivity index (χ4v) is 7.97. The third kappa shape index (κ3) is 4.19. The minimum atomic E-state index is -0.587. The summed E-state index contributed by atoms with van der Waals surface area (Å²) >= 11 is 6.17. The molecule has 158 valence electrons. The fourth-order valence-electron chi connectivity index (χ4n) is 3.61. The number of rotatable bonds is 7. The fraction of sp³-hybridized carbons (Fsp3) is 0.182. The highest BCUT2D eigenvalue weighted by molar-refractivity contribution is 14.1. The topological polar surface area (TPSA) is 61.7 Å². The largest absolute Gasteiger partial charge is 0.264 e. The molecule has 1 aromatic carbocycles. The molecular weight excluding hydrogens is 575 g/mol. The molecule has 0 aliphatic carbocycles. The van der Waals surface area contributed by atoms with Gasteiger partial charge in [0.25, 0.3) is 0 Å². The van der Waals surface area contributed by atoms with E-state index in [0.717, 1.165) is 24.0 Å². The molecule has 2 N–H and O–H groups in total. The maximum Gasteiger partial charge on any atom is 0.114 e. The first kappa shape index (κ1) is 21.5. The standard InChI is InChI=1S/C22H19IN4S4/c1-12-8-10-28-21(12)15-4-5-16(20-19(15)26-31-27-20)22-13(2)11-18(30-22)17-6-3-14(29-17)7-9-25-23-24/h3-6,8,10-11H,7,9H2,1-2H3,(H2,24,25). The third-order valence-corrected chi connectivity index (χ3v) is 10.2. The third-order valence-electron chi connectivity index (χ3n) is 5.12. The average molecular weight is 595 g/mol. The van der Waals surface area contributed by atoms with E-state index in [1.54, 1.807) is 11.3 Å². The van der Waals surface area contributed by atoms with Crippen LogP contribution in [0.4, 0.5) is 0 Å². The number of nitrogens with one attached hydrogen (secondary N) is 2. The van der Waals surface area contributed by atoms with Crippen molar-refractivity contribution in [1.82, 2.24) is 12.3 Å². The highest BCUT2D eigenvalue weighted by Crippen LogP contribution is 2.44. The summed E-state index contributed by atoms with van der Waals surface area (Å²) in [5, 5.41) is 2.14. The molecule has 0 fully saturated rings. The molecule has 0 radical (unpaired) electrons. The molecule has 5 rings (SSSR count). The Hall–Kier alpha value is -1.37. The molecule has 9 heteroatoms. The summed E-state index contributed by atoms with van der Waals surface area (Å²) in [6, 6.07) is 13.3. The van der Waals surface area contributed by atoms with Gasteiger partial charge in [-0.3, -0.25) is 7.09 Å². The number of halogens is 1.